The number of hydrogen-bond acceptors (Lipinski definition) is 3. The van der Waals surface area contributed by atoms with Crippen LogP contribution in [0.1, 0.15) is 32.9 Å². The first-order chi connectivity index (χ1) is 6.34. The second-order valence-electron chi connectivity index (χ2n) is 4.22. The third kappa shape index (κ3) is 2.33. The zero-order chi connectivity index (χ0) is 10.9. The smallest absolute Gasteiger partial charge is 0.154 e. The monoisotopic (exact) mass is 261 g/mol. The molecule has 0 spiro atoms. The molecule has 80 valence electrons. The van der Waals surface area contributed by atoms with Crippen molar-refractivity contribution in [3.63, 3.8) is 0 Å². The Kier molecular flexibility index (Phi) is 3.32. The van der Waals surface area contributed by atoms with Gasteiger partial charge in [0.1, 0.15) is 11.3 Å². The fraction of sp³-hybridized carbons (Fsp3) is 0.778. The van der Waals surface area contributed by atoms with Crippen molar-refractivity contribution in [2.24, 2.45) is 13.0 Å². The Bertz CT molecular complexity index is 300. The second kappa shape index (κ2) is 3.98. The Hall–Kier alpha value is -0.420. The minimum Gasteiger partial charge on any atom is -0.384 e. The Balaban J connectivity index is 3.02. The number of aryl methyl sites for hydroxylation is 1. The Morgan fingerprint density at radius 2 is 2.14 bits per heavy atom. The fourth-order valence-electron chi connectivity index (χ4n) is 1.79. The lowest BCUT2D eigenvalue weighted by atomic mass is 9.91. The van der Waals surface area contributed by atoms with Gasteiger partial charge in [-0.1, -0.05) is 19.1 Å². The van der Waals surface area contributed by atoms with Crippen molar-refractivity contribution in [3.05, 3.63) is 10.3 Å². The van der Waals surface area contributed by atoms with E-state index in [2.05, 4.69) is 40.1 Å². The van der Waals surface area contributed by atoms with E-state index in [4.69, 9.17) is 0 Å². The highest BCUT2D eigenvalue weighted by Crippen LogP contribution is 2.31. The van der Waals surface area contributed by atoms with Gasteiger partial charge in [0.2, 0.25) is 0 Å². The van der Waals surface area contributed by atoms with Crippen LogP contribution >= 0.6 is 15.9 Å². The van der Waals surface area contributed by atoms with Gasteiger partial charge in [0.25, 0.3) is 0 Å². The number of aliphatic hydroxyl groups is 1. The molecule has 4 nitrogen and oxygen atoms in total. The van der Waals surface area contributed by atoms with Gasteiger partial charge < -0.3 is 5.11 Å². The largest absolute Gasteiger partial charge is 0.384 e. The SMILES string of the molecule is CC(C)CC(C)(O)c1c(Br)nnn1C. The van der Waals surface area contributed by atoms with E-state index in [0.29, 0.717) is 16.9 Å². The molecule has 0 fully saturated rings. The first-order valence-electron chi connectivity index (χ1n) is 4.62. The Morgan fingerprint density at radius 1 is 1.57 bits per heavy atom. The van der Waals surface area contributed by atoms with Crippen LogP contribution < -0.4 is 0 Å². The molecule has 1 N–H and O–H groups in total. The van der Waals surface area contributed by atoms with E-state index in [-0.39, 0.29) is 0 Å². The van der Waals surface area contributed by atoms with Crippen molar-refractivity contribution < 1.29 is 5.11 Å². The molecule has 0 bridgehead atoms. The van der Waals surface area contributed by atoms with E-state index in [0.717, 1.165) is 5.69 Å². The standard InChI is InChI=1S/C9H16BrN3O/c1-6(2)5-9(3,14)7-8(10)11-12-13(7)4/h6,14H,5H2,1-4H3. The summed E-state index contributed by atoms with van der Waals surface area (Å²) in [5, 5.41) is 18.0. The third-order valence-corrected chi connectivity index (χ3v) is 2.64. The summed E-state index contributed by atoms with van der Waals surface area (Å²) in [6.07, 6.45) is 0.687. The van der Waals surface area contributed by atoms with Crippen LogP contribution in [0, 0.1) is 5.92 Å². The highest BCUT2D eigenvalue weighted by molar-refractivity contribution is 9.10. The maximum absolute atomic E-state index is 10.3. The molecule has 1 aromatic heterocycles. The summed E-state index contributed by atoms with van der Waals surface area (Å²) in [6, 6.07) is 0. The molecular weight excluding hydrogens is 246 g/mol. The molecule has 1 rings (SSSR count). The second-order valence-corrected chi connectivity index (χ2v) is 4.98. The van der Waals surface area contributed by atoms with Gasteiger partial charge in [-0.25, -0.2) is 4.68 Å². The molecular formula is C9H16BrN3O. The normalized spacial score (nSPS) is 15.9. The van der Waals surface area contributed by atoms with Gasteiger partial charge in [-0.3, -0.25) is 0 Å². The molecule has 1 heterocycles. The molecule has 0 aromatic carbocycles. The summed E-state index contributed by atoms with van der Waals surface area (Å²) in [5.74, 6) is 0.423. The third-order valence-electron chi connectivity index (χ3n) is 2.10. The summed E-state index contributed by atoms with van der Waals surface area (Å²) >= 11 is 3.29. The van der Waals surface area contributed by atoms with Crippen molar-refractivity contribution in [2.45, 2.75) is 32.8 Å². The maximum Gasteiger partial charge on any atom is 0.154 e. The van der Waals surface area contributed by atoms with Crippen LogP contribution in [0.2, 0.25) is 0 Å². The summed E-state index contributed by atoms with van der Waals surface area (Å²) in [4.78, 5) is 0. The van der Waals surface area contributed by atoms with Crippen LogP contribution in [-0.2, 0) is 12.6 Å². The average Bonchev–Trinajstić information content (AvgIpc) is 2.27. The number of rotatable bonds is 3. The van der Waals surface area contributed by atoms with Crippen LogP contribution in [0.3, 0.4) is 0 Å². The van der Waals surface area contributed by atoms with Crippen LogP contribution in [0.5, 0.6) is 0 Å². The molecule has 14 heavy (non-hydrogen) atoms. The lowest BCUT2D eigenvalue weighted by Crippen LogP contribution is -2.27. The first kappa shape index (κ1) is 11.7. The van der Waals surface area contributed by atoms with E-state index >= 15 is 0 Å². The summed E-state index contributed by atoms with van der Waals surface area (Å²) < 4.78 is 2.22. The number of aromatic nitrogens is 3. The van der Waals surface area contributed by atoms with Crippen molar-refractivity contribution in [2.75, 3.05) is 0 Å². The van der Waals surface area contributed by atoms with Crippen LogP contribution in [0.15, 0.2) is 4.60 Å². The molecule has 5 heteroatoms. The topological polar surface area (TPSA) is 50.9 Å². The molecule has 0 radical (unpaired) electrons. The van der Waals surface area contributed by atoms with Crippen LogP contribution in [0.4, 0.5) is 0 Å². The quantitative estimate of drug-likeness (QED) is 0.904. The lowest BCUT2D eigenvalue weighted by molar-refractivity contribution is 0.0261. The lowest BCUT2D eigenvalue weighted by Gasteiger charge is -2.25. The highest BCUT2D eigenvalue weighted by atomic mass is 79.9. The molecule has 0 amide bonds. The van der Waals surface area contributed by atoms with Crippen LogP contribution in [-0.4, -0.2) is 20.1 Å². The van der Waals surface area contributed by atoms with Gasteiger partial charge in [-0.05, 0) is 35.2 Å². The Labute approximate surface area is 92.4 Å². The van der Waals surface area contributed by atoms with Gasteiger partial charge in [-0.15, -0.1) is 5.10 Å². The molecule has 0 aliphatic rings. The molecule has 1 aromatic rings. The predicted octanol–water partition coefficient (Wildman–Crippen LogP) is 1.83. The molecule has 1 atom stereocenters. The zero-order valence-electron chi connectivity index (χ0n) is 8.95. The molecule has 0 saturated heterocycles. The average molecular weight is 262 g/mol. The molecule has 0 aliphatic carbocycles. The van der Waals surface area contributed by atoms with E-state index in [1.807, 2.05) is 0 Å². The summed E-state index contributed by atoms with van der Waals surface area (Å²) in [7, 11) is 1.78. The van der Waals surface area contributed by atoms with Crippen molar-refractivity contribution in [3.8, 4) is 0 Å². The van der Waals surface area contributed by atoms with E-state index in [1.54, 1.807) is 18.7 Å². The summed E-state index contributed by atoms with van der Waals surface area (Å²) in [5.41, 5.74) is -0.156. The van der Waals surface area contributed by atoms with Gasteiger partial charge in [0.05, 0.1) is 0 Å². The van der Waals surface area contributed by atoms with Gasteiger partial charge in [0.15, 0.2) is 4.60 Å². The Morgan fingerprint density at radius 3 is 2.50 bits per heavy atom. The summed E-state index contributed by atoms with van der Waals surface area (Å²) in [6.45, 7) is 5.94. The highest BCUT2D eigenvalue weighted by Gasteiger charge is 2.30. The number of nitrogens with zero attached hydrogens (tertiary/aromatic N) is 3. The molecule has 0 aliphatic heterocycles. The maximum atomic E-state index is 10.3. The predicted molar refractivity (Wildman–Crippen MR) is 57.7 cm³/mol. The van der Waals surface area contributed by atoms with E-state index in [1.165, 1.54) is 0 Å². The fourth-order valence-corrected chi connectivity index (χ4v) is 2.55. The minimum absolute atomic E-state index is 0.423. The van der Waals surface area contributed by atoms with Gasteiger partial charge in [0, 0.05) is 7.05 Å². The van der Waals surface area contributed by atoms with Gasteiger partial charge in [-0.2, -0.15) is 0 Å². The van der Waals surface area contributed by atoms with E-state index < -0.39 is 5.60 Å². The van der Waals surface area contributed by atoms with E-state index in [9.17, 15) is 5.11 Å². The molecule has 1 unspecified atom stereocenters. The van der Waals surface area contributed by atoms with Crippen molar-refractivity contribution in [1.82, 2.24) is 15.0 Å². The number of hydrogen-bond donors (Lipinski definition) is 1. The number of halogens is 1. The first-order valence-corrected chi connectivity index (χ1v) is 5.42. The zero-order valence-corrected chi connectivity index (χ0v) is 10.5. The van der Waals surface area contributed by atoms with Crippen molar-refractivity contribution >= 4 is 15.9 Å². The van der Waals surface area contributed by atoms with Gasteiger partial charge >= 0.3 is 0 Å². The molecule has 0 saturated carbocycles. The van der Waals surface area contributed by atoms with Crippen LogP contribution in [0.25, 0.3) is 0 Å². The minimum atomic E-state index is -0.884. The van der Waals surface area contributed by atoms with Crippen molar-refractivity contribution in [1.29, 1.82) is 0 Å².